The first-order valence-corrected chi connectivity index (χ1v) is 11.5. The number of carbonyl (C=O) groups excluding carboxylic acids is 2. The van der Waals surface area contributed by atoms with Crippen molar-refractivity contribution in [1.82, 2.24) is 9.80 Å². The number of hydrogen-bond acceptors (Lipinski definition) is 5. The minimum absolute atomic E-state index is 0.0182. The number of methoxy groups -OCH3 is 2. The predicted octanol–water partition coefficient (Wildman–Crippen LogP) is 3.78. The van der Waals surface area contributed by atoms with Crippen LogP contribution in [0.15, 0.2) is 42.5 Å². The summed E-state index contributed by atoms with van der Waals surface area (Å²) in [5, 5.41) is 0. The third-order valence-electron chi connectivity index (χ3n) is 7.34. The van der Waals surface area contributed by atoms with E-state index in [2.05, 4.69) is 23.1 Å². The van der Waals surface area contributed by atoms with Gasteiger partial charge in [0.15, 0.2) is 11.5 Å². The van der Waals surface area contributed by atoms with Crippen LogP contribution < -0.4 is 9.47 Å². The summed E-state index contributed by atoms with van der Waals surface area (Å²) in [4.78, 5) is 30.1. The Hall–Kier alpha value is -2.86. The van der Waals surface area contributed by atoms with Gasteiger partial charge in [-0.15, -0.1) is 0 Å². The van der Waals surface area contributed by atoms with Gasteiger partial charge >= 0.3 is 0 Å². The van der Waals surface area contributed by atoms with E-state index >= 15 is 0 Å². The van der Waals surface area contributed by atoms with Crippen LogP contribution in [0.5, 0.6) is 11.5 Å². The van der Waals surface area contributed by atoms with Gasteiger partial charge in [0.2, 0.25) is 11.8 Å². The van der Waals surface area contributed by atoms with Crippen LogP contribution in [0.2, 0.25) is 0 Å². The van der Waals surface area contributed by atoms with Crippen LogP contribution in [0, 0.1) is 11.8 Å². The van der Waals surface area contributed by atoms with Gasteiger partial charge in [-0.2, -0.15) is 0 Å². The number of nitrogens with zero attached hydrogens (tertiary/aromatic N) is 2. The molecule has 1 saturated carbocycles. The number of rotatable bonds is 5. The molecule has 2 aromatic rings. The van der Waals surface area contributed by atoms with Crippen molar-refractivity contribution in [2.45, 2.75) is 38.1 Å². The van der Waals surface area contributed by atoms with Crippen LogP contribution >= 0.6 is 0 Å². The zero-order valence-electron chi connectivity index (χ0n) is 18.8. The molecular weight excluding hydrogens is 404 g/mol. The number of fused-ring (bicyclic) bond motifs is 2. The standard InChI is InChI=1S/C26H30N2O4/c1-31-22-14-18-12-13-27(16-28-25(29)19-10-6-7-11-20(19)26(28)30)24(17-8-4-3-5-9-17)21(18)15-23(22)32-2/h3-5,8-9,14-15,19-20,24H,6-7,10-13,16H2,1-2H3/t19-,20+,24-/m0/s1. The fourth-order valence-corrected chi connectivity index (χ4v) is 5.73. The Morgan fingerprint density at radius 2 is 1.53 bits per heavy atom. The van der Waals surface area contributed by atoms with Gasteiger partial charge in [0.25, 0.3) is 0 Å². The van der Waals surface area contributed by atoms with E-state index in [0.29, 0.717) is 12.4 Å². The third kappa shape index (κ3) is 3.47. The number of hydrogen-bond donors (Lipinski definition) is 0. The van der Waals surface area contributed by atoms with E-state index in [9.17, 15) is 9.59 Å². The van der Waals surface area contributed by atoms with Gasteiger partial charge in [-0.3, -0.25) is 19.4 Å². The summed E-state index contributed by atoms with van der Waals surface area (Å²) in [5.41, 5.74) is 3.48. The Kier molecular flexibility index (Phi) is 5.64. The van der Waals surface area contributed by atoms with E-state index in [-0.39, 0.29) is 29.7 Å². The summed E-state index contributed by atoms with van der Waals surface area (Å²) in [5.74, 6) is 1.21. The average Bonchev–Trinajstić information content (AvgIpc) is 3.08. The summed E-state index contributed by atoms with van der Waals surface area (Å²) < 4.78 is 11.1. The second kappa shape index (κ2) is 8.58. The average molecular weight is 435 g/mol. The zero-order chi connectivity index (χ0) is 22.2. The van der Waals surface area contributed by atoms with E-state index in [4.69, 9.17) is 9.47 Å². The summed E-state index contributed by atoms with van der Waals surface area (Å²) in [6.07, 6.45) is 4.59. The first-order chi connectivity index (χ1) is 15.6. The summed E-state index contributed by atoms with van der Waals surface area (Å²) in [7, 11) is 3.30. The minimum atomic E-state index is -0.118. The minimum Gasteiger partial charge on any atom is -0.493 e. The molecule has 2 fully saturated rings. The van der Waals surface area contributed by atoms with Crippen molar-refractivity contribution in [2.75, 3.05) is 27.4 Å². The molecule has 5 rings (SSSR count). The molecule has 1 aliphatic carbocycles. The largest absolute Gasteiger partial charge is 0.493 e. The van der Waals surface area contributed by atoms with Crippen molar-refractivity contribution >= 4 is 11.8 Å². The Morgan fingerprint density at radius 1 is 0.906 bits per heavy atom. The molecule has 1 saturated heterocycles. The number of benzene rings is 2. The molecular formula is C26H30N2O4. The van der Waals surface area contributed by atoms with Gasteiger partial charge in [-0.05, 0) is 48.1 Å². The molecule has 0 aromatic heterocycles. The second-order valence-electron chi connectivity index (χ2n) is 9.02. The van der Waals surface area contributed by atoms with E-state index < -0.39 is 0 Å². The van der Waals surface area contributed by atoms with Gasteiger partial charge in [0, 0.05) is 6.54 Å². The molecule has 0 unspecified atom stereocenters. The Morgan fingerprint density at radius 3 is 2.16 bits per heavy atom. The van der Waals surface area contributed by atoms with Crippen molar-refractivity contribution in [3.63, 3.8) is 0 Å². The van der Waals surface area contributed by atoms with Gasteiger partial charge < -0.3 is 9.47 Å². The van der Waals surface area contributed by atoms with Crippen molar-refractivity contribution in [2.24, 2.45) is 11.8 Å². The van der Waals surface area contributed by atoms with E-state index in [1.54, 1.807) is 14.2 Å². The van der Waals surface area contributed by atoms with Gasteiger partial charge in [0.05, 0.1) is 38.8 Å². The molecule has 3 aliphatic rings. The predicted molar refractivity (Wildman–Crippen MR) is 120 cm³/mol. The Labute approximate surface area is 189 Å². The molecule has 0 spiro atoms. The van der Waals surface area contributed by atoms with E-state index in [1.807, 2.05) is 24.3 Å². The van der Waals surface area contributed by atoms with Crippen LogP contribution in [-0.4, -0.2) is 49.0 Å². The summed E-state index contributed by atoms with van der Waals surface area (Å²) in [6.45, 7) is 1.09. The number of likely N-dealkylation sites (tertiary alicyclic amines) is 1. The zero-order valence-corrected chi connectivity index (χ0v) is 18.8. The van der Waals surface area contributed by atoms with Gasteiger partial charge in [-0.1, -0.05) is 43.2 Å². The summed E-state index contributed by atoms with van der Waals surface area (Å²) in [6, 6.07) is 14.3. The number of ether oxygens (including phenoxy) is 2. The van der Waals surface area contributed by atoms with Crippen molar-refractivity contribution in [3.8, 4) is 11.5 Å². The number of imide groups is 1. The highest BCUT2D eigenvalue weighted by Crippen LogP contribution is 2.43. The fraction of sp³-hybridized carbons (Fsp3) is 0.462. The maximum Gasteiger partial charge on any atom is 0.234 e. The molecule has 2 amide bonds. The molecule has 2 aliphatic heterocycles. The first kappa shape index (κ1) is 21.0. The van der Waals surface area contributed by atoms with Crippen LogP contribution in [0.1, 0.15) is 48.4 Å². The molecule has 6 heteroatoms. The molecule has 0 bridgehead atoms. The molecule has 32 heavy (non-hydrogen) atoms. The molecule has 3 atom stereocenters. The maximum atomic E-state index is 13.1. The lowest BCUT2D eigenvalue weighted by Crippen LogP contribution is -2.46. The molecule has 6 nitrogen and oxygen atoms in total. The highest BCUT2D eigenvalue weighted by Gasteiger charge is 2.49. The quantitative estimate of drug-likeness (QED) is 0.671. The first-order valence-electron chi connectivity index (χ1n) is 11.5. The lowest BCUT2D eigenvalue weighted by molar-refractivity contribution is -0.143. The maximum absolute atomic E-state index is 13.1. The Bertz CT molecular complexity index is 998. The molecule has 0 N–H and O–H groups in total. The molecule has 2 aromatic carbocycles. The summed E-state index contributed by atoms with van der Waals surface area (Å²) >= 11 is 0. The van der Waals surface area contributed by atoms with Crippen LogP contribution in [0.4, 0.5) is 0 Å². The monoisotopic (exact) mass is 434 g/mol. The van der Waals surface area contributed by atoms with Crippen LogP contribution in [0.3, 0.4) is 0 Å². The SMILES string of the molecule is COc1cc2c(cc1OC)[C@H](c1ccccc1)N(CN1C(=O)[C@H]3CCCC[C@H]3C1=O)CC2. The van der Waals surface area contributed by atoms with Crippen LogP contribution in [-0.2, 0) is 16.0 Å². The van der Waals surface area contributed by atoms with E-state index in [1.165, 1.54) is 10.5 Å². The molecule has 168 valence electrons. The molecule has 0 radical (unpaired) electrons. The molecule has 2 heterocycles. The number of amides is 2. The van der Waals surface area contributed by atoms with Crippen molar-refractivity contribution in [3.05, 3.63) is 59.2 Å². The topological polar surface area (TPSA) is 59.1 Å². The Balaban J connectivity index is 1.51. The van der Waals surface area contributed by atoms with Gasteiger partial charge in [-0.25, -0.2) is 0 Å². The highest BCUT2D eigenvalue weighted by atomic mass is 16.5. The fourth-order valence-electron chi connectivity index (χ4n) is 5.73. The normalized spacial score (nSPS) is 25.4. The highest BCUT2D eigenvalue weighted by molar-refractivity contribution is 6.05. The lowest BCUT2D eigenvalue weighted by atomic mass is 9.81. The van der Waals surface area contributed by atoms with Crippen molar-refractivity contribution in [1.29, 1.82) is 0 Å². The van der Waals surface area contributed by atoms with Crippen LogP contribution in [0.25, 0.3) is 0 Å². The number of carbonyl (C=O) groups is 2. The smallest absolute Gasteiger partial charge is 0.234 e. The van der Waals surface area contributed by atoms with E-state index in [0.717, 1.165) is 55.5 Å². The second-order valence-corrected chi connectivity index (χ2v) is 9.02. The third-order valence-corrected chi connectivity index (χ3v) is 7.34. The van der Waals surface area contributed by atoms with Gasteiger partial charge in [0.1, 0.15) is 0 Å². The van der Waals surface area contributed by atoms with Crippen molar-refractivity contribution < 1.29 is 19.1 Å². The lowest BCUT2D eigenvalue weighted by Gasteiger charge is -2.39.